The van der Waals surface area contributed by atoms with Crippen LogP contribution in [0.15, 0.2) is 30.3 Å². The molecular weight excluding hydrogens is 228 g/mol. The number of hydrogen-bond donors (Lipinski definition) is 0. The van der Waals surface area contributed by atoms with Crippen molar-refractivity contribution in [1.82, 2.24) is 0 Å². The highest BCUT2D eigenvalue weighted by atomic mass is 16.5. The maximum Gasteiger partial charge on any atom is 0.310 e. The molecule has 2 unspecified atom stereocenters. The zero-order valence-corrected chi connectivity index (χ0v) is 11.0. The van der Waals surface area contributed by atoms with Crippen LogP contribution >= 0.6 is 0 Å². The summed E-state index contributed by atoms with van der Waals surface area (Å²) in [5.41, 5.74) is 0.711. The Hall–Kier alpha value is -1.64. The van der Waals surface area contributed by atoms with Gasteiger partial charge < -0.3 is 4.74 Å². The van der Waals surface area contributed by atoms with Crippen LogP contribution in [0.3, 0.4) is 0 Å². The van der Waals surface area contributed by atoms with Crippen molar-refractivity contribution in [2.24, 2.45) is 17.3 Å². The molecule has 1 aromatic rings. The second kappa shape index (κ2) is 4.56. The summed E-state index contributed by atoms with van der Waals surface area (Å²) in [6.07, 6.45) is 0. The molecule has 3 heteroatoms. The van der Waals surface area contributed by atoms with Gasteiger partial charge in [-0.25, -0.2) is 0 Å². The third-order valence-corrected chi connectivity index (χ3v) is 3.74. The summed E-state index contributed by atoms with van der Waals surface area (Å²) in [6, 6.07) is 9.55. The monoisotopic (exact) mass is 246 g/mol. The van der Waals surface area contributed by atoms with Crippen molar-refractivity contribution in [3.63, 3.8) is 0 Å². The van der Waals surface area contributed by atoms with E-state index in [1.807, 2.05) is 44.2 Å². The maximum absolute atomic E-state index is 11.9. The van der Waals surface area contributed by atoms with Crippen LogP contribution in [0, 0.1) is 17.3 Å². The topological polar surface area (TPSA) is 43.4 Å². The minimum absolute atomic E-state index is 0.0710. The highest BCUT2D eigenvalue weighted by Crippen LogP contribution is 2.59. The normalized spacial score (nSPS) is 24.4. The van der Waals surface area contributed by atoms with E-state index in [1.54, 1.807) is 0 Å². The lowest BCUT2D eigenvalue weighted by Crippen LogP contribution is -2.11. The Balaban J connectivity index is 1.93. The molecule has 1 fully saturated rings. The third-order valence-electron chi connectivity index (χ3n) is 3.74. The van der Waals surface area contributed by atoms with E-state index in [2.05, 4.69) is 0 Å². The van der Waals surface area contributed by atoms with Gasteiger partial charge in [0.15, 0.2) is 0 Å². The molecule has 0 amide bonds. The van der Waals surface area contributed by atoms with Gasteiger partial charge in [-0.1, -0.05) is 44.2 Å². The molecule has 18 heavy (non-hydrogen) atoms. The molecule has 2 atom stereocenters. The first-order valence-electron chi connectivity index (χ1n) is 6.15. The van der Waals surface area contributed by atoms with Crippen molar-refractivity contribution < 1.29 is 14.3 Å². The Morgan fingerprint density at radius 3 is 2.28 bits per heavy atom. The van der Waals surface area contributed by atoms with Gasteiger partial charge in [0.1, 0.15) is 12.4 Å². The quantitative estimate of drug-likeness (QED) is 0.767. The van der Waals surface area contributed by atoms with E-state index in [1.165, 1.54) is 6.92 Å². The smallest absolute Gasteiger partial charge is 0.310 e. The van der Waals surface area contributed by atoms with Crippen LogP contribution in [0.5, 0.6) is 0 Å². The average Bonchev–Trinajstić information content (AvgIpc) is 2.91. The second-order valence-electron chi connectivity index (χ2n) is 5.48. The predicted molar refractivity (Wildman–Crippen MR) is 67.7 cm³/mol. The van der Waals surface area contributed by atoms with Gasteiger partial charge in [-0.05, 0) is 17.9 Å². The fourth-order valence-electron chi connectivity index (χ4n) is 2.65. The van der Waals surface area contributed by atoms with Crippen LogP contribution in [0.1, 0.15) is 26.3 Å². The van der Waals surface area contributed by atoms with Crippen molar-refractivity contribution in [2.75, 3.05) is 0 Å². The first-order chi connectivity index (χ1) is 8.44. The average molecular weight is 246 g/mol. The first kappa shape index (κ1) is 12.8. The second-order valence-corrected chi connectivity index (χ2v) is 5.48. The summed E-state index contributed by atoms with van der Waals surface area (Å²) in [6.45, 7) is 5.69. The lowest BCUT2D eigenvalue weighted by atomic mass is 10.1. The number of benzene rings is 1. The molecule has 2 rings (SSSR count). The molecule has 1 aliphatic rings. The van der Waals surface area contributed by atoms with Crippen molar-refractivity contribution in [3.8, 4) is 0 Å². The molecule has 1 aromatic carbocycles. The molecule has 1 saturated carbocycles. The van der Waals surface area contributed by atoms with Crippen LogP contribution in [0.2, 0.25) is 0 Å². The number of ketones is 1. The summed E-state index contributed by atoms with van der Waals surface area (Å²) >= 11 is 0. The largest absolute Gasteiger partial charge is 0.461 e. The molecule has 0 spiro atoms. The summed E-state index contributed by atoms with van der Waals surface area (Å²) in [5.74, 6) is -0.648. The minimum Gasteiger partial charge on any atom is -0.461 e. The standard InChI is InChI=1S/C15H18O3/c1-10(16)12-13(15(12,2)3)14(17)18-9-11-7-5-4-6-8-11/h4-8,12-13H,9H2,1-3H3. The summed E-state index contributed by atoms with van der Waals surface area (Å²) in [5, 5.41) is 0. The predicted octanol–water partition coefficient (Wildman–Crippen LogP) is 2.59. The SMILES string of the molecule is CC(=O)C1C(C(=O)OCc2ccccc2)C1(C)C. The van der Waals surface area contributed by atoms with Crippen molar-refractivity contribution in [1.29, 1.82) is 0 Å². The molecular formula is C15H18O3. The highest BCUT2D eigenvalue weighted by molar-refractivity contribution is 5.92. The highest BCUT2D eigenvalue weighted by Gasteiger charge is 2.64. The van der Waals surface area contributed by atoms with Crippen LogP contribution in [0.4, 0.5) is 0 Å². The molecule has 0 bridgehead atoms. The van der Waals surface area contributed by atoms with E-state index in [9.17, 15) is 9.59 Å². The Morgan fingerprint density at radius 1 is 1.17 bits per heavy atom. The molecule has 0 aromatic heterocycles. The molecule has 0 aliphatic heterocycles. The fraction of sp³-hybridized carbons (Fsp3) is 0.467. The van der Waals surface area contributed by atoms with Gasteiger partial charge in [0.25, 0.3) is 0 Å². The Kier molecular flexibility index (Phi) is 3.24. The lowest BCUT2D eigenvalue weighted by molar-refractivity contribution is -0.148. The first-order valence-corrected chi connectivity index (χ1v) is 6.15. The lowest BCUT2D eigenvalue weighted by Gasteiger charge is -2.05. The number of ether oxygens (including phenoxy) is 1. The van der Waals surface area contributed by atoms with Crippen LogP contribution in [-0.2, 0) is 20.9 Å². The maximum atomic E-state index is 11.9. The molecule has 0 N–H and O–H groups in total. The van der Waals surface area contributed by atoms with E-state index < -0.39 is 0 Å². The zero-order chi connectivity index (χ0) is 13.3. The number of hydrogen-bond acceptors (Lipinski definition) is 3. The van der Waals surface area contributed by atoms with Gasteiger partial charge in [-0.15, -0.1) is 0 Å². The number of rotatable bonds is 4. The number of esters is 1. The molecule has 1 aliphatic carbocycles. The van der Waals surface area contributed by atoms with Crippen LogP contribution < -0.4 is 0 Å². The third kappa shape index (κ3) is 2.30. The Labute approximate surface area is 107 Å². The zero-order valence-electron chi connectivity index (χ0n) is 11.0. The van der Waals surface area contributed by atoms with E-state index >= 15 is 0 Å². The minimum atomic E-state index is -0.279. The van der Waals surface area contributed by atoms with Gasteiger partial charge in [0.05, 0.1) is 5.92 Å². The van der Waals surface area contributed by atoms with Crippen molar-refractivity contribution >= 4 is 11.8 Å². The summed E-state index contributed by atoms with van der Waals surface area (Å²) in [7, 11) is 0. The van der Waals surface area contributed by atoms with Crippen LogP contribution in [0.25, 0.3) is 0 Å². The Morgan fingerprint density at radius 2 is 1.78 bits per heavy atom. The fourth-order valence-corrected chi connectivity index (χ4v) is 2.65. The van der Waals surface area contributed by atoms with Gasteiger partial charge in [0.2, 0.25) is 0 Å². The van der Waals surface area contributed by atoms with E-state index in [0.717, 1.165) is 5.56 Å². The van der Waals surface area contributed by atoms with Crippen molar-refractivity contribution in [2.45, 2.75) is 27.4 Å². The molecule has 96 valence electrons. The molecule has 0 saturated heterocycles. The molecule has 0 radical (unpaired) electrons. The van der Waals surface area contributed by atoms with Gasteiger partial charge in [-0.2, -0.15) is 0 Å². The van der Waals surface area contributed by atoms with Gasteiger partial charge in [0, 0.05) is 5.92 Å². The van der Waals surface area contributed by atoms with E-state index in [0.29, 0.717) is 0 Å². The Bertz CT molecular complexity index is 462. The molecule has 0 heterocycles. The van der Waals surface area contributed by atoms with E-state index in [4.69, 9.17) is 4.74 Å². The number of Topliss-reactive ketones (excluding diaryl/α,β-unsaturated/α-hetero) is 1. The summed E-state index contributed by atoms with van der Waals surface area (Å²) < 4.78 is 5.28. The molecule has 3 nitrogen and oxygen atoms in total. The number of carbonyl (C=O) groups is 2. The van der Waals surface area contributed by atoms with E-state index in [-0.39, 0.29) is 35.6 Å². The van der Waals surface area contributed by atoms with Gasteiger partial charge in [-0.3, -0.25) is 9.59 Å². The van der Waals surface area contributed by atoms with Crippen molar-refractivity contribution in [3.05, 3.63) is 35.9 Å². The van der Waals surface area contributed by atoms with Crippen LogP contribution in [-0.4, -0.2) is 11.8 Å². The summed E-state index contributed by atoms with van der Waals surface area (Å²) in [4.78, 5) is 23.3. The van der Waals surface area contributed by atoms with Gasteiger partial charge >= 0.3 is 5.97 Å². The number of carbonyl (C=O) groups excluding carboxylic acids is 2.